The first kappa shape index (κ1) is 12.5. The van der Waals surface area contributed by atoms with E-state index in [1.54, 1.807) is 22.9 Å². The molecule has 0 aliphatic carbocycles. The number of hydrogen-bond acceptors (Lipinski definition) is 1. The van der Waals surface area contributed by atoms with Gasteiger partial charge in [0.2, 0.25) is 0 Å². The Hall–Kier alpha value is -2.49. The molecule has 0 atom stereocenters. The van der Waals surface area contributed by atoms with E-state index >= 15 is 0 Å². The number of aldehydes is 1. The van der Waals surface area contributed by atoms with Crippen LogP contribution in [-0.2, 0) is 6.54 Å². The van der Waals surface area contributed by atoms with E-state index in [-0.39, 0.29) is 6.54 Å². The molecule has 3 aromatic rings. The summed E-state index contributed by atoms with van der Waals surface area (Å²) >= 11 is 0. The summed E-state index contributed by atoms with van der Waals surface area (Å²) in [5.41, 5.74) is 1.69. The van der Waals surface area contributed by atoms with Crippen LogP contribution in [0.4, 0.5) is 8.78 Å². The second-order valence-corrected chi connectivity index (χ2v) is 4.58. The van der Waals surface area contributed by atoms with E-state index in [2.05, 4.69) is 0 Å². The summed E-state index contributed by atoms with van der Waals surface area (Å²) in [5.74, 6) is -1.19. The van der Waals surface area contributed by atoms with E-state index in [4.69, 9.17) is 0 Å². The Labute approximate surface area is 114 Å². The van der Waals surface area contributed by atoms with Crippen molar-refractivity contribution in [2.75, 3.05) is 0 Å². The minimum Gasteiger partial charge on any atom is -0.342 e. The summed E-state index contributed by atoms with van der Waals surface area (Å²) in [6, 6.07) is 10.8. The van der Waals surface area contributed by atoms with Crippen LogP contribution in [0.25, 0.3) is 10.9 Å². The topological polar surface area (TPSA) is 22.0 Å². The van der Waals surface area contributed by atoms with Gasteiger partial charge in [0.25, 0.3) is 0 Å². The second kappa shape index (κ2) is 4.89. The lowest BCUT2D eigenvalue weighted by Crippen LogP contribution is -2.02. The molecule has 0 aliphatic rings. The van der Waals surface area contributed by atoms with Crippen molar-refractivity contribution in [1.29, 1.82) is 0 Å². The normalized spacial score (nSPS) is 10.9. The molecule has 4 heteroatoms. The van der Waals surface area contributed by atoms with Crippen LogP contribution in [0.1, 0.15) is 15.9 Å². The van der Waals surface area contributed by atoms with Crippen LogP contribution >= 0.6 is 0 Å². The van der Waals surface area contributed by atoms with Crippen molar-refractivity contribution in [1.82, 2.24) is 4.57 Å². The van der Waals surface area contributed by atoms with E-state index in [9.17, 15) is 13.6 Å². The summed E-state index contributed by atoms with van der Waals surface area (Å²) in [6.07, 6.45) is 2.57. The number of para-hydroxylation sites is 1. The van der Waals surface area contributed by atoms with E-state index in [0.717, 1.165) is 23.3 Å². The van der Waals surface area contributed by atoms with Gasteiger partial charge in [-0.05, 0) is 18.2 Å². The van der Waals surface area contributed by atoms with E-state index < -0.39 is 11.6 Å². The number of rotatable bonds is 3. The third-order valence-electron chi connectivity index (χ3n) is 3.30. The molecule has 2 nitrogen and oxygen atoms in total. The predicted molar refractivity (Wildman–Crippen MR) is 72.8 cm³/mol. The first-order valence-electron chi connectivity index (χ1n) is 6.16. The maximum absolute atomic E-state index is 13.7. The molecule has 2 aromatic carbocycles. The van der Waals surface area contributed by atoms with Crippen molar-refractivity contribution in [2.24, 2.45) is 0 Å². The van der Waals surface area contributed by atoms with Gasteiger partial charge in [-0.3, -0.25) is 4.79 Å². The van der Waals surface area contributed by atoms with Gasteiger partial charge >= 0.3 is 0 Å². The number of halogens is 2. The van der Waals surface area contributed by atoms with Gasteiger partial charge in [0.1, 0.15) is 11.6 Å². The zero-order valence-electron chi connectivity index (χ0n) is 10.5. The van der Waals surface area contributed by atoms with Crippen molar-refractivity contribution in [2.45, 2.75) is 6.54 Å². The summed E-state index contributed by atoms with van der Waals surface area (Å²) in [5, 5.41) is 0.914. The monoisotopic (exact) mass is 271 g/mol. The Kier molecular flexibility index (Phi) is 3.06. The van der Waals surface area contributed by atoms with Gasteiger partial charge in [0.15, 0.2) is 6.29 Å². The Morgan fingerprint density at radius 2 is 1.95 bits per heavy atom. The molecular weight excluding hydrogens is 260 g/mol. The number of fused-ring (bicyclic) bond motifs is 1. The van der Waals surface area contributed by atoms with Crippen molar-refractivity contribution >= 4 is 17.2 Å². The SMILES string of the molecule is O=Cc1cccc2ccn(Cc3ccc(F)cc3F)c12. The number of benzene rings is 2. The molecule has 100 valence electrons. The van der Waals surface area contributed by atoms with Gasteiger partial charge in [-0.15, -0.1) is 0 Å². The molecule has 0 fully saturated rings. The molecule has 0 aliphatic heterocycles. The third kappa shape index (κ3) is 2.09. The number of hydrogen-bond donors (Lipinski definition) is 0. The van der Waals surface area contributed by atoms with E-state index in [0.29, 0.717) is 11.1 Å². The molecule has 3 rings (SSSR count). The highest BCUT2D eigenvalue weighted by Gasteiger charge is 2.09. The molecule has 0 spiro atoms. The minimum atomic E-state index is -0.600. The van der Waals surface area contributed by atoms with Gasteiger partial charge in [0, 0.05) is 28.8 Å². The maximum atomic E-state index is 13.7. The van der Waals surface area contributed by atoms with Crippen molar-refractivity contribution in [3.63, 3.8) is 0 Å². The van der Waals surface area contributed by atoms with Crippen LogP contribution in [-0.4, -0.2) is 10.9 Å². The molecule has 0 saturated carbocycles. The summed E-state index contributed by atoms with van der Waals surface area (Å²) in [4.78, 5) is 11.1. The number of carbonyl (C=O) groups excluding carboxylic acids is 1. The van der Waals surface area contributed by atoms with Crippen LogP contribution in [0.5, 0.6) is 0 Å². The maximum Gasteiger partial charge on any atom is 0.152 e. The van der Waals surface area contributed by atoms with Crippen LogP contribution in [0, 0.1) is 11.6 Å². The number of nitrogens with zero attached hydrogens (tertiary/aromatic N) is 1. The lowest BCUT2D eigenvalue weighted by molar-refractivity contribution is 0.112. The van der Waals surface area contributed by atoms with Gasteiger partial charge in [0.05, 0.1) is 12.1 Å². The Bertz CT molecular complexity index is 792. The molecule has 0 amide bonds. The average molecular weight is 271 g/mol. The fraction of sp³-hybridized carbons (Fsp3) is 0.0625. The van der Waals surface area contributed by atoms with Crippen molar-refractivity contribution in [3.8, 4) is 0 Å². The quantitative estimate of drug-likeness (QED) is 0.664. The standard InChI is InChI=1S/C16H11F2NO/c17-14-5-4-12(15(18)8-14)9-19-7-6-11-2-1-3-13(10-20)16(11)19/h1-8,10H,9H2. The summed E-state index contributed by atoms with van der Waals surface area (Å²) < 4.78 is 28.4. The summed E-state index contributed by atoms with van der Waals surface area (Å²) in [6.45, 7) is 0.250. The molecule has 0 saturated heterocycles. The minimum absolute atomic E-state index is 0.250. The Balaban J connectivity index is 2.09. The highest BCUT2D eigenvalue weighted by molar-refractivity contribution is 5.96. The molecular formula is C16H11F2NO. The first-order chi connectivity index (χ1) is 9.69. The van der Waals surface area contributed by atoms with Crippen LogP contribution in [0.2, 0.25) is 0 Å². The molecule has 1 aromatic heterocycles. The van der Waals surface area contributed by atoms with E-state index in [1.807, 2.05) is 12.1 Å². The Morgan fingerprint density at radius 3 is 2.70 bits per heavy atom. The van der Waals surface area contributed by atoms with Crippen LogP contribution in [0.15, 0.2) is 48.7 Å². The highest BCUT2D eigenvalue weighted by atomic mass is 19.1. The highest BCUT2D eigenvalue weighted by Crippen LogP contribution is 2.21. The van der Waals surface area contributed by atoms with Gasteiger partial charge in [-0.1, -0.05) is 18.2 Å². The molecule has 0 N–H and O–H groups in total. The Morgan fingerprint density at radius 1 is 1.10 bits per heavy atom. The fourth-order valence-electron chi connectivity index (χ4n) is 2.35. The third-order valence-corrected chi connectivity index (χ3v) is 3.30. The lowest BCUT2D eigenvalue weighted by atomic mass is 10.1. The fourth-order valence-corrected chi connectivity index (χ4v) is 2.35. The molecule has 20 heavy (non-hydrogen) atoms. The zero-order chi connectivity index (χ0) is 14.1. The van der Waals surface area contributed by atoms with Gasteiger partial charge in [-0.25, -0.2) is 8.78 Å². The van der Waals surface area contributed by atoms with Crippen LogP contribution < -0.4 is 0 Å². The molecule has 1 heterocycles. The van der Waals surface area contributed by atoms with Gasteiger partial charge < -0.3 is 4.57 Å². The van der Waals surface area contributed by atoms with Crippen LogP contribution in [0.3, 0.4) is 0 Å². The molecule has 0 radical (unpaired) electrons. The number of aromatic nitrogens is 1. The predicted octanol–water partition coefficient (Wildman–Crippen LogP) is 3.78. The van der Waals surface area contributed by atoms with Gasteiger partial charge in [-0.2, -0.15) is 0 Å². The average Bonchev–Trinajstić information content (AvgIpc) is 2.85. The first-order valence-corrected chi connectivity index (χ1v) is 6.16. The smallest absolute Gasteiger partial charge is 0.152 e. The van der Waals surface area contributed by atoms with Crippen molar-refractivity contribution in [3.05, 3.63) is 71.4 Å². The lowest BCUT2D eigenvalue weighted by Gasteiger charge is -2.08. The molecule has 0 unspecified atom stereocenters. The second-order valence-electron chi connectivity index (χ2n) is 4.58. The molecule has 0 bridgehead atoms. The van der Waals surface area contributed by atoms with Crippen molar-refractivity contribution < 1.29 is 13.6 Å². The summed E-state index contributed by atoms with van der Waals surface area (Å²) in [7, 11) is 0. The van der Waals surface area contributed by atoms with E-state index in [1.165, 1.54) is 12.1 Å². The zero-order valence-corrected chi connectivity index (χ0v) is 10.5. The number of carbonyl (C=O) groups is 1. The largest absolute Gasteiger partial charge is 0.342 e.